The molecule has 0 saturated carbocycles. The van der Waals surface area contributed by atoms with Crippen LogP contribution < -0.4 is 0 Å². The Kier molecular flexibility index (Phi) is 8.38. The molecule has 0 spiro atoms. The van der Waals surface area contributed by atoms with Crippen molar-refractivity contribution in [3.8, 4) is 0 Å². The van der Waals surface area contributed by atoms with Gasteiger partial charge < -0.3 is 4.74 Å². The quantitative estimate of drug-likeness (QED) is 0.301. The van der Waals surface area contributed by atoms with Crippen LogP contribution in [0.2, 0.25) is 0 Å². The Morgan fingerprint density at radius 1 is 0.704 bits per heavy atom. The summed E-state index contributed by atoms with van der Waals surface area (Å²) in [7, 11) is 0. The highest BCUT2D eigenvalue weighted by atomic mass is 16.6. The molecule has 0 N–H and O–H groups in total. The molecule has 7 heteroatoms. The Labute approximate surface area is 158 Å². The Balaban J connectivity index is 1.53. The number of benzene rings is 2. The van der Waals surface area contributed by atoms with E-state index < -0.39 is 0 Å². The number of nitrogens with zero attached hydrogens (tertiary/aromatic N) is 2. The Bertz CT molecular complexity index is 700. The van der Waals surface area contributed by atoms with Crippen LogP contribution in [0.3, 0.4) is 0 Å². The minimum atomic E-state index is -0.375. The molecule has 2 aromatic carbocycles. The topological polar surface area (TPSA) is 95.5 Å². The fraction of sp³-hybridized carbons (Fsp3) is 0.400. The monoisotopic (exact) mass is 372 g/mol. The zero-order chi connectivity index (χ0) is 19.5. The smallest absolute Gasteiger partial charge is 0.269 e. The lowest BCUT2D eigenvalue weighted by Gasteiger charge is -2.05. The second-order valence-electron chi connectivity index (χ2n) is 6.38. The van der Waals surface area contributed by atoms with Gasteiger partial charge in [-0.15, -0.1) is 0 Å². The van der Waals surface area contributed by atoms with Gasteiger partial charge in [0, 0.05) is 37.5 Å². The first kappa shape index (κ1) is 20.5. The van der Waals surface area contributed by atoms with Crippen LogP contribution >= 0.6 is 0 Å². The number of hydrogen-bond donors (Lipinski definition) is 0. The summed E-state index contributed by atoms with van der Waals surface area (Å²) < 4.78 is 5.62. The molecule has 0 aliphatic heterocycles. The molecule has 0 fully saturated rings. The maximum atomic E-state index is 10.7. The first-order valence-electron chi connectivity index (χ1n) is 9.10. The fourth-order valence-electron chi connectivity index (χ4n) is 2.82. The standard InChI is InChI=1S/C20H24N2O5/c23-21(24)19-11-5-9-17(15-19)7-1-3-13-27-14-4-2-8-18-10-6-12-20(16-18)22(25)26/h5-6,9-12,15-16H,1-4,7-8,13-14H2. The SMILES string of the molecule is O=[N+]([O-])c1cccc(CCCCOCCCCc2cccc([N+](=O)[O-])c2)c1. The number of non-ortho nitro benzene ring substituents is 2. The molecule has 2 rings (SSSR count). The minimum absolute atomic E-state index is 0.132. The van der Waals surface area contributed by atoms with Crippen molar-refractivity contribution in [2.45, 2.75) is 38.5 Å². The third kappa shape index (κ3) is 7.53. The van der Waals surface area contributed by atoms with Crippen LogP contribution in [0.15, 0.2) is 48.5 Å². The lowest BCUT2D eigenvalue weighted by molar-refractivity contribution is -0.385. The van der Waals surface area contributed by atoms with Crippen LogP contribution in [0, 0.1) is 20.2 Å². The third-order valence-electron chi connectivity index (χ3n) is 4.25. The minimum Gasteiger partial charge on any atom is -0.381 e. The lowest BCUT2D eigenvalue weighted by atomic mass is 10.1. The van der Waals surface area contributed by atoms with Crippen LogP contribution in [0.4, 0.5) is 11.4 Å². The highest BCUT2D eigenvalue weighted by Crippen LogP contribution is 2.16. The third-order valence-corrected chi connectivity index (χ3v) is 4.25. The zero-order valence-electron chi connectivity index (χ0n) is 15.2. The largest absolute Gasteiger partial charge is 0.381 e. The van der Waals surface area contributed by atoms with Crippen molar-refractivity contribution >= 4 is 11.4 Å². The van der Waals surface area contributed by atoms with Gasteiger partial charge in [0.1, 0.15) is 0 Å². The van der Waals surface area contributed by atoms with Crippen LogP contribution in [-0.2, 0) is 17.6 Å². The molecule has 0 aliphatic carbocycles. The first-order chi connectivity index (χ1) is 13.1. The van der Waals surface area contributed by atoms with Gasteiger partial charge in [0.25, 0.3) is 11.4 Å². The number of unbranched alkanes of at least 4 members (excludes halogenated alkanes) is 2. The maximum absolute atomic E-state index is 10.7. The van der Waals surface area contributed by atoms with Crippen LogP contribution in [0.25, 0.3) is 0 Å². The molecule has 0 amide bonds. The lowest BCUT2D eigenvalue weighted by Crippen LogP contribution is -1.99. The Morgan fingerprint density at radius 3 is 1.56 bits per heavy atom. The number of ether oxygens (including phenoxy) is 1. The highest BCUT2D eigenvalue weighted by molar-refractivity contribution is 5.34. The van der Waals surface area contributed by atoms with E-state index in [1.54, 1.807) is 24.3 Å². The van der Waals surface area contributed by atoms with E-state index in [0.29, 0.717) is 13.2 Å². The molecule has 0 unspecified atom stereocenters. The van der Waals surface area contributed by atoms with Crippen LogP contribution in [0.1, 0.15) is 36.8 Å². The summed E-state index contributed by atoms with van der Waals surface area (Å²) in [6.45, 7) is 1.34. The number of hydrogen-bond acceptors (Lipinski definition) is 5. The summed E-state index contributed by atoms with van der Waals surface area (Å²) in [6, 6.07) is 13.5. The van der Waals surface area contributed by atoms with Crippen molar-refractivity contribution < 1.29 is 14.6 Å². The number of rotatable bonds is 12. The molecule has 0 atom stereocenters. The van der Waals surface area contributed by atoms with Crippen LogP contribution in [-0.4, -0.2) is 23.1 Å². The second-order valence-corrected chi connectivity index (χ2v) is 6.38. The van der Waals surface area contributed by atoms with Gasteiger partial charge in [-0.1, -0.05) is 24.3 Å². The summed E-state index contributed by atoms with van der Waals surface area (Å²) in [5.41, 5.74) is 2.21. The van der Waals surface area contributed by atoms with Crippen molar-refractivity contribution in [2.24, 2.45) is 0 Å². The number of nitro benzene ring substituents is 2. The Morgan fingerprint density at radius 2 is 1.15 bits per heavy atom. The van der Waals surface area contributed by atoms with E-state index in [2.05, 4.69) is 0 Å². The van der Waals surface area contributed by atoms with Gasteiger partial charge in [0.2, 0.25) is 0 Å². The molecule has 0 aliphatic rings. The van der Waals surface area contributed by atoms with Crippen LogP contribution in [0.5, 0.6) is 0 Å². The van der Waals surface area contributed by atoms with Gasteiger partial charge in [-0.05, 0) is 49.7 Å². The molecule has 2 aromatic rings. The van der Waals surface area contributed by atoms with Crippen molar-refractivity contribution in [2.75, 3.05) is 13.2 Å². The molecule has 0 saturated heterocycles. The van der Waals surface area contributed by atoms with E-state index in [9.17, 15) is 20.2 Å². The Hall–Kier alpha value is -2.80. The van der Waals surface area contributed by atoms with E-state index in [0.717, 1.165) is 49.7 Å². The molecule has 27 heavy (non-hydrogen) atoms. The summed E-state index contributed by atoms with van der Waals surface area (Å²) in [6.07, 6.45) is 5.28. The van der Waals surface area contributed by atoms with Crippen molar-refractivity contribution in [1.82, 2.24) is 0 Å². The van der Waals surface area contributed by atoms with Crippen molar-refractivity contribution in [3.63, 3.8) is 0 Å². The van der Waals surface area contributed by atoms with E-state index in [4.69, 9.17) is 4.74 Å². The predicted molar refractivity (Wildman–Crippen MR) is 103 cm³/mol. The van der Waals surface area contributed by atoms with E-state index in [1.165, 1.54) is 12.1 Å². The molecule has 7 nitrogen and oxygen atoms in total. The fourth-order valence-corrected chi connectivity index (χ4v) is 2.82. The van der Waals surface area contributed by atoms with E-state index in [1.807, 2.05) is 12.1 Å². The number of aryl methyl sites for hydroxylation is 2. The summed E-state index contributed by atoms with van der Waals surface area (Å²) >= 11 is 0. The number of nitro groups is 2. The molecule has 0 bridgehead atoms. The van der Waals surface area contributed by atoms with Gasteiger partial charge in [0.05, 0.1) is 9.85 Å². The van der Waals surface area contributed by atoms with Gasteiger partial charge in [-0.2, -0.15) is 0 Å². The molecule has 0 heterocycles. The summed E-state index contributed by atoms with van der Waals surface area (Å²) in [5, 5.41) is 21.5. The van der Waals surface area contributed by atoms with Gasteiger partial charge in [0.15, 0.2) is 0 Å². The first-order valence-corrected chi connectivity index (χ1v) is 9.10. The highest BCUT2D eigenvalue weighted by Gasteiger charge is 2.06. The maximum Gasteiger partial charge on any atom is 0.269 e. The molecule has 0 radical (unpaired) electrons. The molecular weight excluding hydrogens is 348 g/mol. The van der Waals surface area contributed by atoms with Gasteiger partial charge >= 0.3 is 0 Å². The second kappa shape index (κ2) is 11.0. The van der Waals surface area contributed by atoms with Crippen molar-refractivity contribution in [1.29, 1.82) is 0 Å². The van der Waals surface area contributed by atoms with E-state index in [-0.39, 0.29) is 21.2 Å². The average molecular weight is 372 g/mol. The normalized spacial score (nSPS) is 10.7. The van der Waals surface area contributed by atoms with Gasteiger partial charge in [-0.3, -0.25) is 20.2 Å². The summed E-state index contributed by atoms with van der Waals surface area (Å²) in [4.78, 5) is 20.7. The van der Waals surface area contributed by atoms with Gasteiger partial charge in [-0.25, -0.2) is 0 Å². The molecule has 144 valence electrons. The molecular formula is C20H24N2O5. The zero-order valence-corrected chi connectivity index (χ0v) is 15.2. The summed E-state index contributed by atoms with van der Waals surface area (Å²) in [5.74, 6) is 0. The molecule has 0 aromatic heterocycles. The average Bonchev–Trinajstić information content (AvgIpc) is 2.67. The van der Waals surface area contributed by atoms with E-state index >= 15 is 0 Å². The van der Waals surface area contributed by atoms with Crippen molar-refractivity contribution in [3.05, 3.63) is 79.9 Å². The predicted octanol–water partition coefficient (Wildman–Crippen LogP) is 4.87.